The van der Waals surface area contributed by atoms with Crippen molar-refractivity contribution >= 4 is 29.0 Å². The van der Waals surface area contributed by atoms with E-state index in [-0.39, 0.29) is 5.56 Å². The number of benzene rings is 1. The Hall–Kier alpha value is -2.57. The minimum atomic E-state index is -0.143. The average molecular weight is 397 g/mol. The largest absolute Gasteiger partial charge is 0.295 e. The van der Waals surface area contributed by atoms with Crippen molar-refractivity contribution in [2.24, 2.45) is 0 Å². The highest BCUT2D eigenvalue weighted by Gasteiger charge is 2.09. The van der Waals surface area contributed by atoms with E-state index in [1.807, 2.05) is 6.20 Å². The van der Waals surface area contributed by atoms with Gasteiger partial charge in [0, 0.05) is 36.1 Å². The first kappa shape index (κ1) is 17.8. The molecule has 4 aromatic rings. The molecular weight excluding hydrogens is 380 g/mol. The number of hydrogen-bond acceptors (Lipinski definition) is 4. The van der Waals surface area contributed by atoms with E-state index in [0.29, 0.717) is 22.1 Å². The van der Waals surface area contributed by atoms with E-state index in [0.717, 1.165) is 10.8 Å². The first-order valence-corrected chi connectivity index (χ1v) is 9.78. The molecule has 0 saturated heterocycles. The van der Waals surface area contributed by atoms with Crippen molar-refractivity contribution < 1.29 is 0 Å². The van der Waals surface area contributed by atoms with E-state index in [2.05, 4.69) is 46.6 Å². The molecule has 7 heteroatoms. The molecule has 0 amide bonds. The second-order valence-electron chi connectivity index (χ2n) is 6.38. The van der Waals surface area contributed by atoms with E-state index < -0.39 is 0 Å². The summed E-state index contributed by atoms with van der Waals surface area (Å²) in [5.74, 6) is 0.552. The molecule has 0 unspecified atom stereocenters. The van der Waals surface area contributed by atoms with Crippen molar-refractivity contribution in [3.63, 3.8) is 0 Å². The first-order valence-electron chi connectivity index (χ1n) is 8.42. The molecule has 3 heterocycles. The summed E-state index contributed by atoms with van der Waals surface area (Å²) in [5, 5.41) is 1.36. The number of nitrogens with zero attached hydrogens (tertiary/aromatic N) is 4. The second kappa shape index (κ2) is 7.21. The van der Waals surface area contributed by atoms with Crippen molar-refractivity contribution in [2.75, 3.05) is 0 Å². The lowest BCUT2D eigenvalue weighted by Crippen LogP contribution is -2.15. The fourth-order valence-electron chi connectivity index (χ4n) is 3.02. The number of pyridine rings is 1. The van der Waals surface area contributed by atoms with Gasteiger partial charge in [-0.25, -0.2) is 9.97 Å². The van der Waals surface area contributed by atoms with Crippen LogP contribution in [0.2, 0.25) is 5.02 Å². The fraction of sp³-hybridized carbons (Fsp3) is 0.150. The first-order chi connectivity index (χ1) is 13.0. The van der Waals surface area contributed by atoms with Crippen LogP contribution >= 0.6 is 23.4 Å². The minimum absolute atomic E-state index is 0.143. The smallest absolute Gasteiger partial charge is 0.258 e. The number of rotatable bonds is 4. The van der Waals surface area contributed by atoms with Gasteiger partial charge in [-0.2, -0.15) is 0 Å². The zero-order valence-electron chi connectivity index (χ0n) is 14.9. The maximum atomic E-state index is 12.3. The van der Waals surface area contributed by atoms with Gasteiger partial charge in [-0.3, -0.25) is 13.8 Å². The van der Waals surface area contributed by atoms with Gasteiger partial charge in [0.1, 0.15) is 5.65 Å². The maximum Gasteiger partial charge on any atom is 0.258 e. The summed E-state index contributed by atoms with van der Waals surface area (Å²) in [6.45, 7) is 4.16. The highest BCUT2D eigenvalue weighted by molar-refractivity contribution is 7.98. The summed E-state index contributed by atoms with van der Waals surface area (Å²) in [7, 11) is 0. The molecule has 27 heavy (non-hydrogen) atoms. The van der Waals surface area contributed by atoms with Crippen LogP contribution in [0.25, 0.3) is 11.3 Å². The van der Waals surface area contributed by atoms with Crippen LogP contribution < -0.4 is 5.56 Å². The van der Waals surface area contributed by atoms with Crippen molar-refractivity contribution in [1.82, 2.24) is 18.9 Å². The normalized spacial score (nSPS) is 11.2. The van der Waals surface area contributed by atoms with E-state index >= 15 is 0 Å². The number of aromatic nitrogens is 4. The number of halogens is 1. The standard InChI is InChI=1S/C20H17ClN4OS/c1-13-7-14(2)9-17(8-13)24-6-5-22-20(24)27-12-16-10-19(26)25-11-15(21)3-4-18(25)23-16/h3-11H,12H2,1-2H3. The SMILES string of the molecule is Cc1cc(C)cc(-n2ccnc2SCc2cc(=O)n3cc(Cl)ccc3n2)c1. The molecule has 0 spiro atoms. The Morgan fingerprint density at radius 2 is 1.89 bits per heavy atom. The summed E-state index contributed by atoms with van der Waals surface area (Å²) < 4.78 is 3.51. The molecule has 0 radical (unpaired) electrons. The van der Waals surface area contributed by atoms with Crippen LogP contribution in [-0.2, 0) is 5.75 Å². The van der Waals surface area contributed by atoms with Crippen LogP contribution in [0, 0.1) is 13.8 Å². The van der Waals surface area contributed by atoms with Crippen LogP contribution in [0.5, 0.6) is 0 Å². The van der Waals surface area contributed by atoms with Crippen LogP contribution in [-0.4, -0.2) is 18.9 Å². The van der Waals surface area contributed by atoms with Gasteiger partial charge in [0.25, 0.3) is 5.56 Å². The summed E-state index contributed by atoms with van der Waals surface area (Å²) in [5.41, 5.74) is 4.64. The average Bonchev–Trinajstić information content (AvgIpc) is 3.08. The molecule has 3 aromatic heterocycles. The quantitative estimate of drug-likeness (QED) is 0.478. The molecule has 4 rings (SSSR count). The Balaban J connectivity index is 1.62. The lowest BCUT2D eigenvalue weighted by Gasteiger charge is -2.10. The third-order valence-corrected chi connectivity index (χ3v) is 5.34. The summed E-state index contributed by atoms with van der Waals surface area (Å²) in [4.78, 5) is 21.3. The predicted octanol–water partition coefficient (Wildman–Crippen LogP) is 4.44. The van der Waals surface area contributed by atoms with Crippen LogP contribution in [0.1, 0.15) is 16.8 Å². The second-order valence-corrected chi connectivity index (χ2v) is 7.75. The topological polar surface area (TPSA) is 52.2 Å². The number of thioether (sulfide) groups is 1. The molecule has 136 valence electrons. The predicted molar refractivity (Wildman–Crippen MR) is 109 cm³/mol. The third-order valence-electron chi connectivity index (χ3n) is 4.12. The van der Waals surface area contributed by atoms with Crippen LogP contribution in [0.15, 0.2) is 64.9 Å². The maximum absolute atomic E-state index is 12.3. The van der Waals surface area contributed by atoms with Crippen molar-refractivity contribution in [3.05, 3.63) is 87.2 Å². The summed E-state index contributed by atoms with van der Waals surface area (Å²) >= 11 is 7.50. The van der Waals surface area contributed by atoms with Gasteiger partial charge in [-0.15, -0.1) is 0 Å². The lowest BCUT2D eigenvalue weighted by molar-refractivity contribution is 0.891. The van der Waals surface area contributed by atoms with Crippen LogP contribution in [0.4, 0.5) is 0 Å². The molecule has 0 aliphatic heterocycles. The fourth-order valence-corrected chi connectivity index (χ4v) is 4.05. The van der Waals surface area contributed by atoms with Gasteiger partial charge >= 0.3 is 0 Å². The molecule has 0 aliphatic carbocycles. The third kappa shape index (κ3) is 3.77. The molecule has 0 atom stereocenters. The monoisotopic (exact) mass is 396 g/mol. The van der Waals surface area contributed by atoms with Crippen molar-refractivity contribution in [2.45, 2.75) is 24.8 Å². The van der Waals surface area contributed by atoms with Gasteiger partial charge in [-0.1, -0.05) is 29.4 Å². The van der Waals surface area contributed by atoms with Gasteiger partial charge in [-0.05, 0) is 49.2 Å². The van der Waals surface area contributed by atoms with Crippen molar-refractivity contribution in [3.8, 4) is 5.69 Å². The Morgan fingerprint density at radius 1 is 1.11 bits per heavy atom. The number of hydrogen-bond donors (Lipinski definition) is 0. The lowest BCUT2D eigenvalue weighted by atomic mass is 10.1. The molecule has 0 N–H and O–H groups in total. The zero-order chi connectivity index (χ0) is 19.0. The van der Waals surface area contributed by atoms with E-state index in [9.17, 15) is 4.79 Å². The zero-order valence-corrected chi connectivity index (χ0v) is 16.5. The molecular formula is C20H17ClN4OS. The molecule has 0 saturated carbocycles. The van der Waals surface area contributed by atoms with E-state index in [1.165, 1.54) is 15.5 Å². The Labute approximate surface area is 165 Å². The molecule has 0 fully saturated rings. The Bertz CT molecular complexity index is 1180. The molecule has 1 aromatic carbocycles. The molecule has 0 bridgehead atoms. The highest BCUT2D eigenvalue weighted by Crippen LogP contribution is 2.24. The number of aryl methyl sites for hydroxylation is 2. The summed E-state index contributed by atoms with van der Waals surface area (Å²) in [6.07, 6.45) is 5.31. The van der Waals surface area contributed by atoms with E-state index in [4.69, 9.17) is 11.6 Å². The highest BCUT2D eigenvalue weighted by atomic mass is 35.5. The Morgan fingerprint density at radius 3 is 2.67 bits per heavy atom. The van der Waals surface area contributed by atoms with Gasteiger partial charge < -0.3 is 0 Å². The van der Waals surface area contributed by atoms with Crippen molar-refractivity contribution in [1.29, 1.82) is 0 Å². The van der Waals surface area contributed by atoms with E-state index in [1.54, 1.807) is 42.4 Å². The molecule has 0 aliphatic rings. The van der Waals surface area contributed by atoms with Gasteiger partial charge in [0.15, 0.2) is 5.16 Å². The minimum Gasteiger partial charge on any atom is -0.295 e. The van der Waals surface area contributed by atoms with Gasteiger partial charge in [0.05, 0.1) is 10.7 Å². The van der Waals surface area contributed by atoms with Crippen LogP contribution in [0.3, 0.4) is 0 Å². The summed E-state index contributed by atoms with van der Waals surface area (Å²) in [6, 6.07) is 11.4. The molecule has 5 nitrogen and oxygen atoms in total. The number of fused-ring (bicyclic) bond motifs is 1. The van der Waals surface area contributed by atoms with Gasteiger partial charge in [0.2, 0.25) is 0 Å². The Kier molecular flexibility index (Phi) is 4.76. The number of imidazole rings is 1.